The smallest absolute Gasteiger partial charge is 0.323 e. The normalized spacial score (nSPS) is 19.4. The molecule has 0 aromatic carbocycles. The van der Waals surface area contributed by atoms with Crippen molar-refractivity contribution >= 4 is 5.97 Å². The van der Waals surface area contributed by atoms with Crippen LogP contribution < -0.4 is 5.73 Å². The third kappa shape index (κ3) is 4.97. The number of esters is 1. The minimum Gasteiger partial charge on any atom is -0.461 e. The average molecular weight is 227 g/mol. The number of hydrogen-bond donors (Lipinski definition) is 1. The highest BCUT2D eigenvalue weighted by molar-refractivity contribution is 5.75. The van der Waals surface area contributed by atoms with E-state index in [0.717, 1.165) is 38.5 Å². The standard InChI is InChI=1S/C13H25NO2/c1-2-3-5-10-12(14)13(15)16-11-8-6-4-7-9-11/h11-12H,2-10,14H2,1H3/t12-/m0/s1. The van der Waals surface area contributed by atoms with E-state index < -0.39 is 6.04 Å². The predicted molar refractivity (Wildman–Crippen MR) is 65.1 cm³/mol. The summed E-state index contributed by atoms with van der Waals surface area (Å²) in [6.45, 7) is 2.14. The molecule has 0 saturated heterocycles. The van der Waals surface area contributed by atoms with Gasteiger partial charge >= 0.3 is 5.97 Å². The topological polar surface area (TPSA) is 52.3 Å². The van der Waals surface area contributed by atoms with Gasteiger partial charge in [0.05, 0.1) is 0 Å². The second-order valence-electron chi connectivity index (χ2n) is 4.80. The van der Waals surface area contributed by atoms with Gasteiger partial charge in [-0.05, 0) is 32.1 Å². The Bertz CT molecular complexity index is 200. The number of nitrogens with two attached hydrogens (primary N) is 1. The highest BCUT2D eigenvalue weighted by Crippen LogP contribution is 2.20. The van der Waals surface area contributed by atoms with Gasteiger partial charge < -0.3 is 10.5 Å². The molecule has 1 aliphatic carbocycles. The molecule has 0 aliphatic heterocycles. The molecular weight excluding hydrogens is 202 g/mol. The number of carbonyl (C=O) groups is 1. The maximum Gasteiger partial charge on any atom is 0.323 e. The van der Waals surface area contributed by atoms with Crippen LogP contribution in [0.4, 0.5) is 0 Å². The second-order valence-corrected chi connectivity index (χ2v) is 4.80. The molecule has 1 rings (SSSR count). The molecule has 0 aromatic rings. The van der Waals surface area contributed by atoms with E-state index in [2.05, 4.69) is 6.92 Å². The summed E-state index contributed by atoms with van der Waals surface area (Å²) in [5.41, 5.74) is 5.80. The van der Waals surface area contributed by atoms with Gasteiger partial charge in [-0.2, -0.15) is 0 Å². The van der Waals surface area contributed by atoms with Gasteiger partial charge in [0.15, 0.2) is 0 Å². The molecule has 94 valence electrons. The summed E-state index contributed by atoms with van der Waals surface area (Å²) in [6.07, 6.45) is 9.91. The minimum atomic E-state index is -0.409. The molecule has 2 N–H and O–H groups in total. The fraction of sp³-hybridized carbons (Fsp3) is 0.923. The van der Waals surface area contributed by atoms with E-state index >= 15 is 0 Å². The monoisotopic (exact) mass is 227 g/mol. The first-order valence-electron chi connectivity index (χ1n) is 6.70. The molecule has 0 bridgehead atoms. The summed E-state index contributed by atoms with van der Waals surface area (Å²) < 4.78 is 5.42. The van der Waals surface area contributed by atoms with Crippen molar-refractivity contribution in [1.82, 2.24) is 0 Å². The Morgan fingerprint density at radius 3 is 2.62 bits per heavy atom. The lowest BCUT2D eigenvalue weighted by molar-refractivity contribution is -0.152. The molecule has 3 nitrogen and oxygen atoms in total. The molecule has 0 spiro atoms. The second kappa shape index (κ2) is 7.66. The minimum absolute atomic E-state index is 0.137. The van der Waals surface area contributed by atoms with E-state index in [1.807, 2.05) is 0 Å². The third-order valence-corrected chi connectivity index (χ3v) is 3.26. The molecule has 1 fully saturated rings. The van der Waals surface area contributed by atoms with Gasteiger partial charge in [0, 0.05) is 0 Å². The van der Waals surface area contributed by atoms with Gasteiger partial charge in [-0.25, -0.2) is 0 Å². The van der Waals surface area contributed by atoms with Crippen LogP contribution in [0, 0.1) is 0 Å². The van der Waals surface area contributed by atoms with Gasteiger partial charge in [0.1, 0.15) is 12.1 Å². The van der Waals surface area contributed by atoms with Crippen LogP contribution in [0.3, 0.4) is 0 Å². The molecule has 3 heteroatoms. The lowest BCUT2D eigenvalue weighted by Gasteiger charge is -2.23. The van der Waals surface area contributed by atoms with E-state index in [9.17, 15) is 4.79 Å². The molecule has 0 heterocycles. The van der Waals surface area contributed by atoms with Crippen molar-refractivity contribution in [3.8, 4) is 0 Å². The summed E-state index contributed by atoms with van der Waals surface area (Å²) in [5.74, 6) is -0.192. The maximum atomic E-state index is 11.7. The Hall–Kier alpha value is -0.570. The Balaban J connectivity index is 2.16. The van der Waals surface area contributed by atoms with Gasteiger partial charge in [0.25, 0.3) is 0 Å². The molecule has 0 amide bonds. The van der Waals surface area contributed by atoms with Crippen molar-refractivity contribution in [2.24, 2.45) is 5.73 Å². The molecular formula is C13H25NO2. The number of unbranched alkanes of at least 4 members (excludes halogenated alkanes) is 2. The Labute approximate surface area is 98.7 Å². The highest BCUT2D eigenvalue weighted by Gasteiger charge is 2.21. The number of carbonyl (C=O) groups excluding carboxylic acids is 1. The summed E-state index contributed by atoms with van der Waals surface area (Å²) in [7, 11) is 0. The van der Waals surface area contributed by atoms with Crippen LogP contribution in [0.15, 0.2) is 0 Å². The van der Waals surface area contributed by atoms with Crippen LogP contribution in [-0.2, 0) is 9.53 Å². The van der Waals surface area contributed by atoms with E-state index in [-0.39, 0.29) is 12.1 Å². The van der Waals surface area contributed by atoms with Crippen LogP contribution in [0.2, 0.25) is 0 Å². The van der Waals surface area contributed by atoms with E-state index in [1.54, 1.807) is 0 Å². The summed E-state index contributed by atoms with van der Waals surface area (Å²) >= 11 is 0. The molecule has 0 aromatic heterocycles. The third-order valence-electron chi connectivity index (χ3n) is 3.26. The van der Waals surface area contributed by atoms with Crippen LogP contribution in [0.5, 0.6) is 0 Å². The van der Waals surface area contributed by atoms with Crippen molar-refractivity contribution < 1.29 is 9.53 Å². The Morgan fingerprint density at radius 2 is 2.00 bits per heavy atom. The van der Waals surface area contributed by atoms with Crippen molar-refractivity contribution in [2.75, 3.05) is 0 Å². The molecule has 0 unspecified atom stereocenters. The zero-order chi connectivity index (χ0) is 11.8. The van der Waals surface area contributed by atoms with Crippen LogP contribution >= 0.6 is 0 Å². The highest BCUT2D eigenvalue weighted by atomic mass is 16.5. The van der Waals surface area contributed by atoms with Crippen molar-refractivity contribution in [1.29, 1.82) is 0 Å². The first-order valence-corrected chi connectivity index (χ1v) is 6.70. The van der Waals surface area contributed by atoms with Gasteiger partial charge in [-0.3, -0.25) is 4.79 Å². The molecule has 1 aliphatic rings. The summed E-state index contributed by atoms with van der Waals surface area (Å²) in [6, 6.07) is -0.409. The van der Waals surface area contributed by atoms with Crippen LogP contribution in [0.1, 0.15) is 64.7 Å². The van der Waals surface area contributed by atoms with E-state index in [4.69, 9.17) is 10.5 Å². The van der Waals surface area contributed by atoms with Crippen LogP contribution in [-0.4, -0.2) is 18.1 Å². The molecule has 0 radical (unpaired) electrons. The van der Waals surface area contributed by atoms with Crippen molar-refractivity contribution in [3.63, 3.8) is 0 Å². The summed E-state index contributed by atoms with van der Waals surface area (Å²) in [4.78, 5) is 11.7. The molecule has 1 atom stereocenters. The zero-order valence-corrected chi connectivity index (χ0v) is 10.4. The Kier molecular flexibility index (Phi) is 6.46. The number of hydrogen-bond acceptors (Lipinski definition) is 3. The fourth-order valence-electron chi connectivity index (χ4n) is 2.17. The SMILES string of the molecule is CCCCC[C@H](N)C(=O)OC1CCCCC1. The lowest BCUT2D eigenvalue weighted by Crippen LogP contribution is -2.35. The van der Waals surface area contributed by atoms with E-state index in [0.29, 0.717) is 0 Å². The largest absolute Gasteiger partial charge is 0.461 e. The Morgan fingerprint density at radius 1 is 1.31 bits per heavy atom. The predicted octanol–water partition coefficient (Wildman–Crippen LogP) is 2.77. The number of rotatable bonds is 6. The van der Waals surface area contributed by atoms with E-state index in [1.165, 1.54) is 19.3 Å². The van der Waals surface area contributed by atoms with Crippen molar-refractivity contribution in [2.45, 2.75) is 76.9 Å². The lowest BCUT2D eigenvalue weighted by atomic mass is 9.98. The van der Waals surface area contributed by atoms with Gasteiger partial charge in [0.2, 0.25) is 0 Å². The molecule has 1 saturated carbocycles. The first-order chi connectivity index (χ1) is 7.74. The average Bonchev–Trinajstić information content (AvgIpc) is 2.30. The quantitative estimate of drug-likeness (QED) is 0.560. The summed E-state index contributed by atoms with van der Waals surface area (Å²) in [5, 5.41) is 0. The first kappa shape index (κ1) is 13.5. The zero-order valence-electron chi connectivity index (χ0n) is 10.4. The fourth-order valence-corrected chi connectivity index (χ4v) is 2.17. The maximum absolute atomic E-state index is 11.7. The van der Waals surface area contributed by atoms with Gasteiger partial charge in [-0.1, -0.05) is 32.6 Å². The molecule has 16 heavy (non-hydrogen) atoms. The van der Waals surface area contributed by atoms with Crippen molar-refractivity contribution in [3.05, 3.63) is 0 Å². The van der Waals surface area contributed by atoms with Crippen LogP contribution in [0.25, 0.3) is 0 Å². The number of ether oxygens (including phenoxy) is 1. The van der Waals surface area contributed by atoms with Gasteiger partial charge in [-0.15, -0.1) is 0 Å².